The number of alkyl halides is 1. The van der Waals surface area contributed by atoms with Crippen LogP contribution in [0.2, 0.25) is 0 Å². The lowest BCUT2D eigenvalue weighted by Crippen LogP contribution is -2.40. The molecule has 0 aromatic rings. The smallest absolute Gasteiger partial charge is 0.223 e. The molecule has 0 aromatic heterocycles. The number of aliphatic hydroxyl groups excluding tert-OH is 1. The molecule has 1 fully saturated rings. The van der Waals surface area contributed by atoms with Crippen molar-refractivity contribution in [2.75, 3.05) is 19.0 Å². The molecule has 14 heavy (non-hydrogen) atoms. The van der Waals surface area contributed by atoms with Crippen LogP contribution in [0.3, 0.4) is 0 Å². The van der Waals surface area contributed by atoms with Gasteiger partial charge in [0.05, 0.1) is 6.10 Å². The van der Waals surface area contributed by atoms with Crippen molar-refractivity contribution in [1.82, 2.24) is 4.90 Å². The van der Waals surface area contributed by atoms with Crippen LogP contribution >= 0.6 is 11.6 Å². The minimum atomic E-state index is -0.250. The predicted molar refractivity (Wildman–Crippen MR) is 56.3 cm³/mol. The quantitative estimate of drug-likeness (QED) is 0.726. The van der Waals surface area contributed by atoms with Gasteiger partial charge in [0.2, 0.25) is 5.91 Å². The van der Waals surface area contributed by atoms with Crippen molar-refractivity contribution in [1.29, 1.82) is 0 Å². The number of aliphatic hydroxyl groups is 1. The summed E-state index contributed by atoms with van der Waals surface area (Å²) in [7, 11) is 0. The Kier molecular flexibility index (Phi) is 4.69. The Hall–Kier alpha value is -0.280. The lowest BCUT2D eigenvalue weighted by molar-refractivity contribution is -0.132. The number of carbonyl (C=O) groups excluding carboxylic acids is 1. The van der Waals surface area contributed by atoms with Crippen LogP contribution in [0.4, 0.5) is 0 Å². The molecule has 0 radical (unpaired) electrons. The average Bonchev–Trinajstić information content (AvgIpc) is 2.18. The Morgan fingerprint density at radius 1 is 1.57 bits per heavy atom. The van der Waals surface area contributed by atoms with Crippen LogP contribution in [0.25, 0.3) is 0 Å². The van der Waals surface area contributed by atoms with E-state index in [9.17, 15) is 9.90 Å². The summed E-state index contributed by atoms with van der Waals surface area (Å²) in [6.07, 6.45) is 2.00. The summed E-state index contributed by atoms with van der Waals surface area (Å²) in [4.78, 5) is 13.3. The Morgan fingerprint density at radius 2 is 2.14 bits per heavy atom. The maximum Gasteiger partial charge on any atom is 0.223 e. The van der Waals surface area contributed by atoms with Crippen LogP contribution in [0.15, 0.2) is 0 Å². The van der Waals surface area contributed by atoms with Gasteiger partial charge in [0.15, 0.2) is 0 Å². The summed E-state index contributed by atoms with van der Waals surface area (Å²) in [6, 6.07) is 0. The van der Waals surface area contributed by atoms with Gasteiger partial charge < -0.3 is 10.0 Å². The molecule has 0 aliphatic carbocycles. The molecule has 82 valence electrons. The highest BCUT2D eigenvalue weighted by atomic mass is 35.5. The molecule has 1 rings (SSSR count). The van der Waals surface area contributed by atoms with Crippen molar-refractivity contribution < 1.29 is 9.90 Å². The minimum absolute atomic E-state index is 0.143. The van der Waals surface area contributed by atoms with E-state index in [0.717, 1.165) is 25.9 Å². The standard InChI is InChI=1S/C10H18ClNO2/c1-8(13)9-3-6-12(7-4-9)10(14)2-5-11/h8-9,13H,2-7H2,1H3/t8-/m0/s1. The number of nitrogens with zero attached hydrogens (tertiary/aromatic N) is 1. The van der Waals surface area contributed by atoms with E-state index in [0.29, 0.717) is 18.2 Å². The van der Waals surface area contributed by atoms with Crippen LogP contribution in [-0.2, 0) is 4.79 Å². The molecule has 3 nitrogen and oxygen atoms in total. The zero-order valence-electron chi connectivity index (χ0n) is 8.58. The normalized spacial score (nSPS) is 20.9. The van der Waals surface area contributed by atoms with E-state index in [-0.39, 0.29) is 12.0 Å². The SMILES string of the molecule is C[C@H](O)C1CCN(C(=O)CCCl)CC1. The molecule has 1 atom stereocenters. The maximum atomic E-state index is 11.5. The number of carbonyl (C=O) groups is 1. The fourth-order valence-electron chi connectivity index (χ4n) is 1.87. The number of halogens is 1. The number of amides is 1. The summed E-state index contributed by atoms with van der Waals surface area (Å²) >= 11 is 5.51. The van der Waals surface area contributed by atoms with Crippen LogP contribution < -0.4 is 0 Å². The van der Waals surface area contributed by atoms with E-state index < -0.39 is 0 Å². The molecule has 0 saturated carbocycles. The number of rotatable bonds is 3. The van der Waals surface area contributed by atoms with Crippen LogP contribution in [0.5, 0.6) is 0 Å². The van der Waals surface area contributed by atoms with Crippen molar-refractivity contribution in [2.24, 2.45) is 5.92 Å². The lowest BCUT2D eigenvalue weighted by Gasteiger charge is -2.33. The van der Waals surface area contributed by atoms with Gasteiger partial charge >= 0.3 is 0 Å². The third-order valence-corrected chi connectivity index (χ3v) is 3.07. The monoisotopic (exact) mass is 219 g/mol. The highest BCUT2D eigenvalue weighted by Gasteiger charge is 2.24. The second kappa shape index (κ2) is 5.56. The van der Waals surface area contributed by atoms with E-state index in [1.807, 2.05) is 11.8 Å². The number of hydrogen-bond acceptors (Lipinski definition) is 2. The molecule has 0 unspecified atom stereocenters. The fraction of sp³-hybridized carbons (Fsp3) is 0.900. The van der Waals surface area contributed by atoms with Crippen LogP contribution in [0.1, 0.15) is 26.2 Å². The Morgan fingerprint density at radius 3 is 2.57 bits per heavy atom. The van der Waals surface area contributed by atoms with Gasteiger partial charge in [0.1, 0.15) is 0 Å². The topological polar surface area (TPSA) is 40.5 Å². The van der Waals surface area contributed by atoms with Gasteiger partial charge in [-0.25, -0.2) is 0 Å². The minimum Gasteiger partial charge on any atom is -0.393 e. The van der Waals surface area contributed by atoms with Crippen molar-refractivity contribution in [3.05, 3.63) is 0 Å². The molecular formula is C10H18ClNO2. The van der Waals surface area contributed by atoms with E-state index in [1.54, 1.807) is 0 Å². The molecule has 0 aromatic carbocycles. The maximum absolute atomic E-state index is 11.5. The Labute approximate surface area is 90.0 Å². The summed E-state index contributed by atoms with van der Waals surface area (Å²) in [6.45, 7) is 3.36. The first-order valence-corrected chi connectivity index (χ1v) is 5.70. The summed E-state index contributed by atoms with van der Waals surface area (Å²) in [5.74, 6) is 0.897. The lowest BCUT2D eigenvalue weighted by atomic mass is 9.92. The first kappa shape index (κ1) is 11.8. The molecule has 1 amide bonds. The average molecular weight is 220 g/mol. The number of likely N-dealkylation sites (tertiary alicyclic amines) is 1. The summed E-state index contributed by atoms with van der Waals surface area (Å²) < 4.78 is 0. The zero-order valence-corrected chi connectivity index (χ0v) is 9.33. The first-order chi connectivity index (χ1) is 6.65. The highest BCUT2D eigenvalue weighted by molar-refractivity contribution is 6.18. The van der Waals surface area contributed by atoms with Crippen LogP contribution in [-0.4, -0.2) is 41.0 Å². The molecule has 1 saturated heterocycles. The van der Waals surface area contributed by atoms with Crippen molar-refractivity contribution in [3.8, 4) is 0 Å². The third kappa shape index (κ3) is 3.14. The van der Waals surface area contributed by atoms with Gasteiger partial charge in [-0.3, -0.25) is 4.79 Å². The van der Waals surface area contributed by atoms with E-state index in [1.165, 1.54) is 0 Å². The van der Waals surface area contributed by atoms with E-state index in [2.05, 4.69) is 0 Å². The van der Waals surface area contributed by atoms with Gasteiger partial charge in [0, 0.05) is 25.4 Å². The van der Waals surface area contributed by atoms with Gasteiger partial charge in [-0.15, -0.1) is 11.6 Å². The number of hydrogen-bond donors (Lipinski definition) is 1. The van der Waals surface area contributed by atoms with Crippen molar-refractivity contribution in [3.63, 3.8) is 0 Å². The molecule has 0 bridgehead atoms. The molecule has 1 heterocycles. The van der Waals surface area contributed by atoms with Crippen molar-refractivity contribution >= 4 is 17.5 Å². The summed E-state index contributed by atoms with van der Waals surface area (Å²) in [5.41, 5.74) is 0. The Bertz CT molecular complexity index is 189. The van der Waals surface area contributed by atoms with Gasteiger partial charge in [-0.1, -0.05) is 0 Å². The zero-order chi connectivity index (χ0) is 10.6. The molecule has 1 aliphatic heterocycles. The molecule has 1 N–H and O–H groups in total. The Balaban J connectivity index is 2.31. The predicted octanol–water partition coefficient (Wildman–Crippen LogP) is 1.23. The molecule has 4 heteroatoms. The van der Waals surface area contributed by atoms with Crippen molar-refractivity contribution in [2.45, 2.75) is 32.3 Å². The molecule has 1 aliphatic rings. The molecular weight excluding hydrogens is 202 g/mol. The number of piperidine rings is 1. The largest absolute Gasteiger partial charge is 0.393 e. The van der Waals surface area contributed by atoms with E-state index in [4.69, 9.17) is 11.6 Å². The van der Waals surface area contributed by atoms with Gasteiger partial charge in [-0.2, -0.15) is 0 Å². The van der Waals surface area contributed by atoms with E-state index >= 15 is 0 Å². The fourth-order valence-corrected chi connectivity index (χ4v) is 2.03. The summed E-state index contributed by atoms with van der Waals surface area (Å²) in [5, 5.41) is 9.38. The highest BCUT2D eigenvalue weighted by Crippen LogP contribution is 2.20. The third-order valence-electron chi connectivity index (χ3n) is 2.88. The van der Waals surface area contributed by atoms with Crippen LogP contribution in [0, 0.1) is 5.92 Å². The molecule has 0 spiro atoms. The van der Waals surface area contributed by atoms with Gasteiger partial charge in [0.25, 0.3) is 0 Å². The second-order valence-electron chi connectivity index (χ2n) is 3.90. The second-order valence-corrected chi connectivity index (χ2v) is 4.28. The van der Waals surface area contributed by atoms with Gasteiger partial charge in [-0.05, 0) is 25.7 Å². The first-order valence-electron chi connectivity index (χ1n) is 5.17.